The number of carbonyl (C=O) groups excluding carboxylic acids is 5. The first kappa shape index (κ1) is 23.1. The Morgan fingerprint density at radius 3 is 2.46 bits per heavy atom. The molecule has 0 spiro atoms. The van der Waals surface area contributed by atoms with Crippen molar-refractivity contribution in [2.75, 3.05) is 7.11 Å². The van der Waals surface area contributed by atoms with Crippen LogP contribution in [-0.2, 0) is 23.9 Å². The molecule has 0 unspecified atom stereocenters. The van der Waals surface area contributed by atoms with Crippen LogP contribution in [0.1, 0.15) is 31.2 Å². The smallest absolute Gasteiger partial charge is 0.423 e. The summed E-state index contributed by atoms with van der Waals surface area (Å²) in [7, 11) is 1.11. The summed E-state index contributed by atoms with van der Waals surface area (Å²) >= 11 is 0. The van der Waals surface area contributed by atoms with Gasteiger partial charge in [0.25, 0.3) is 0 Å². The van der Waals surface area contributed by atoms with Crippen LogP contribution in [0.5, 0.6) is 5.75 Å². The number of hydrogen-bond acceptors (Lipinski definition) is 7. The molecule has 2 aromatic rings. The van der Waals surface area contributed by atoms with Gasteiger partial charge in [-0.1, -0.05) is 42.0 Å². The summed E-state index contributed by atoms with van der Waals surface area (Å²) in [6, 6.07) is 10.6. The van der Waals surface area contributed by atoms with E-state index in [9.17, 15) is 29.1 Å². The fourth-order valence-electron chi connectivity index (χ4n) is 6.57. The Kier molecular flexibility index (Phi) is 5.05. The SMILES string of the molecule is COC(=O)N1C(=O)[C@H]2[C@H](CC=C3[C@H](c4ccc(O)c5ccccc45)C4=C(C[C@H]32)C(=O)C(C)=CC4=O)C1=O. The minimum atomic E-state index is -1.02. The summed E-state index contributed by atoms with van der Waals surface area (Å²) in [6.07, 6.45) is 2.56. The Balaban J connectivity index is 1.58. The third-order valence-corrected chi connectivity index (χ3v) is 8.17. The molecule has 8 nitrogen and oxygen atoms in total. The van der Waals surface area contributed by atoms with Gasteiger partial charge in [0, 0.05) is 28.0 Å². The number of Topliss-reactive ketones (excluding diaryl/α,β-unsaturated/α-hetero) is 1. The average molecular weight is 498 g/mol. The number of phenols is 1. The molecule has 1 N–H and O–H groups in total. The number of fused-ring (bicyclic) bond motifs is 4. The summed E-state index contributed by atoms with van der Waals surface area (Å²) in [5, 5.41) is 11.8. The van der Waals surface area contributed by atoms with E-state index in [1.165, 1.54) is 6.08 Å². The van der Waals surface area contributed by atoms with Crippen LogP contribution in [0.25, 0.3) is 10.8 Å². The first-order valence-electron chi connectivity index (χ1n) is 12.1. The third kappa shape index (κ3) is 3.11. The normalized spacial score (nSPS) is 27.0. The molecular weight excluding hydrogens is 474 g/mol. The fourth-order valence-corrected chi connectivity index (χ4v) is 6.57. The number of phenolic OH excluding ortho intramolecular Hbond substituents is 1. The van der Waals surface area contributed by atoms with Gasteiger partial charge in [0.1, 0.15) is 5.75 Å². The molecule has 0 saturated carbocycles. The monoisotopic (exact) mass is 497 g/mol. The van der Waals surface area contributed by atoms with E-state index in [-0.39, 0.29) is 30.2 Å². The Bertz CT molecular complexity index is 1560. The molecule has 3 amide bonds. The van der Waals surface area contributed by atoms with Crippen LogP contribution < -0.4 is 0 Å². The van der Waals surface area contributed by atoms with Crippen molar-refractivity contribution < 1.29 is 33.8 Å². The maximum absolute atomic E-state index is 13.4. The van der Waals surface area contributed by atoms with E-state index in [0.717, 1.165) is 23.6 Å². The number of aromatic hydroxyl groups is 1. The zero-order valence-electron chi connectivity index (χ0n) is 20.2. The molecule has 2 aromatic carbocycles. The fraction of sp³-hybridized carbons (Fsp3) is 0.276. The molecule has 8 heteroatoms. The van der Waals surface area contributed by atoms with Gasteiger partial charge in [-0.2, -0.15) is 4.90 Å². The second-order valence-corrected chi connectivity index (χ2v) is 9.93. The molecule has 1 fully saturated rings. The van der Waals surface area contributed by atoms with Crippen molar-refractivity contribution >= 4 is 40.2 Å². The standard InChI is InChI=1S/C29H23NO7/c1-13-11-22(32)25-20(26(13)33)12-19-17(7-8-18-24(19)28(35)30(27(18)34)29(36)37-2)23(25)16-9-10-21(31)15-6-4-3-5-14(15)16/h3-7,9-11,18-19,23-24,31H,8,12H2,1-2H3/t18-,19+,23-,24-/m0/s1. The highest BCUT2D eigenvalue weighted by atomic mass is 16.5. The molecule has 0 bridgehead atoms. The number of allylic oxidation sites excluding steroid dienone is 6. The quantitative estimate of drug-likeness (QED) is 0.362. The van der Waals surface area contributed by atoms with E-state index in [1.54, 1.807) is 31.2 Å². The van der Waals surface area contributed by atoms with Gasteiger partial charge >= 0.3 is 6.09 Å². The number of nitrogens with zero attached hydrogens (tertiary/aromatic N) is 1. The molecule has 0 aromatic heterocycles. The van der Waals surface area contributed by atoms with E-state index < -0.39 is 41.6 Å². The predicted octanol–water partition coefficient (Wildman–Crippen LogP) is 3.74. The lowest BCUT2D eigenvalue weighted by Crippen LogP contribution is -2.40. The summed E-state index contributed by atoms with van der Waals surface area (Å²) in [4.78, 5) is 66.1. The number of hydrogen-bond donors (Lipinski definition) is 1. The Morgan fingerprint density at radius 1 is 1.00 bits per heavy atom. The highest BCUT2D eigenvalue weighted by molar-refractivity contribution is 6.24. The van der Waals surface area contributed by atoms with Crippen LogP contribution in [0.3, 0.4) is 0 Å². The zero-order chi connectivity index (χ0) is 26.2. The molecule has 186 valence electrons. The maximum Gasteiger partial charge on any atom is 0.423 e. The molecule has 0 radical (unpaired) electrons. The summed E-state index contributed by atoms with van der Waals surface area (Å²) in [5.41, 5.74) is 2.53. The average Bonchev–Trinajstić information content (AvgIpc) is 3.16. The van der Waals surface area contributed by atoms with Crippen molar-refractivity contribution in [2.24, 2.45) is 17.8 Å². The predicted molar refractivity (Wildman–Crippen MR) is 131 cm³/mol. The third-order valence-electron chi connectivity index (χ3n) is 8.17. The van der Waals surface area contributed by atoms with Gasteiger partial charge < -0.3 is 9.84 Å². The minimum absolute atomic E-state index is 0.0886. The number of benzene rings is 2. The number of ketones is 2. The first-order chi connectivity index (χ1) is 17.7. The molecule has 3 aliphatic carbocycles. The summed E-state index contributed by atoms with van der Waals surface area (Å²) in [6.45, 7) is 1.59. The molecule has 4 atom stereocenters. The first-order valence-corrected chi connectivity index (χ1v) is 12.1. The number of likely N-dealkylation sites (tertiary alicyclic amines) is 1. The van der Waals surface area contributed by atoms with E-state index in [0.29, 0.717) is 27.0 Å². The molecule has 4 aliphatic rings. The van der Waals surface area contributed by atoms with Gasteiger partial charge in [-0.25, -0.2) is 4.79 Å². The highest BCUT2D eigenvalue weighted by Gasteiger charge is 2.58. The number of amides is 3. The lowest BCUT2D eigenvalue weighted by atomic mass is 9.59. The zero-order valence-corrected chi connectivity index (χ0v) is 20.2. The molecular formula is C29H23NO7. The maximum atomic E-state index is 13.4. The number of rotatable bonds is 1. The number of ether oxygens (including phenoxy) is 1. The lowest BCUT2D eigenvalue weighted by Gasteiger charge is -2.42. The van der Waals surface area contributed by atoms with Gasteiger partial charge in [-0.3, -0.25) is 19.2 Å². The van der Waals surface area contributed by atoms with Crippen LogP contribution in [-0.4, -0.2) is 46.6 Å². The van der Waals surface area contributed by atoms with Crippen molar-refractivity contribution in [3.05, 3.63) is 76.4 Å². The molecule has 6 rings (SSSR count). The van der Waals surface area contributed by atoms with Crippen molar-refractivity contribution in [3.63, 3.8) is 0 Å². The van der Waals surface area contributed by atoms with Gasteiger partial charge in [0.05, 0.1) is 18.9 Å². The van der Waals surface area contributed by atoms with Crippen LogP contribution in [0.15, 0.2) is 70.8 Å². The van der Waals surface area contributed by atoms with Crippen LogP contribution in [0.4, 0.5) is 4.79 Å². The molecule has 1 aliphatic heterocycles. The number of imide groups is 3. The van der Waals surface area contributed by atoms with E-state index in [4.69, 9.17) is 0 Å². The van der Waals surface area contributed by atoms with Crippen molar-refractivity contribution in [1.29, 1.82) is 0 Å². The molecule has 37 heavy (non-hydrogen) atoms. The van der Waals surface area contributed by atoms with Gasteiger partial charge in [-0.05, 0) is 48.8 Å². The lowest BCUT2D eigenvalue weighted by molar-refractivity contribution is -0.137. The Hall–Kier alpha value is -4.33. The van der Waals surface area contributed by atoms with Crippen molar-refractivity contribution in [2.45, 2.75) is 25.7 Å². The van der Waals surface area contributed by atoms with Crippen molar-refractivity contribution in [1.82, 2.24) is 4.90 Å². The number of carbonyl (C=O) groups is 5. The number of methoxy groups -OCH3 is 1. The summed E-state index contributed by atoms with van der Waals surface area (Å²) < 4.78 is 4.69. The topological polar surface area (TPSA) is 118 Å². The Morgan fingerprint density at radius 2 is 1.73 bits per heavy atom. The minimum Gasteiger partial charge on any atom is -0.507 e. The van der Waals surface area contributed by atoms with Gasteiger partial charge in [-0.15, -0.1) is 0 Å². The van der Waals surface area contributed by atoms with Crippen LogP contribution in [0.2, 0.25) is 0 Å². The van der Waals surface area contributed by atoms with Crippen LogP contribution >= 0.6 is 0 Å². The van der Waals surface area contributed by atoms with Gasteiger partial charge in [0.2, 0.25) is 11.8 Å². The second-order valence-electron chi connectivity index (χ2n) is 9.93. The second kappa shape index (κ2) is 8.09. The molecule has 1 saturated heterocycles. The van der Waals surface area contributed by atoms with E-state index in [2.05, 4.69) is 4.74 Å². The van der Waals surface area contributed by atoms with E-state index >= 15 is 0 Å². The largest absolute Gasteiger partial charge is 0.507 e. The Labute approximate surface area is 211 Å². The van der Waals surface area contributed by atoms with Crippen molar-refractivity contribution in [3.8, 4) is 5.75 Å². The van der Waals surface area contributed by atoms with E-state index in [1.807, 2.05) is 18.2 Å². The van der Waals surface area contributed by atoms with Gasteiger partial charge in [0.15, 0.2) is 11.6 Å². The highest BCUT2D eigenvalue weighted by Crippen LogP contribution is 2.56. The summed E-state index contributed by atoms with van der Waals surface area (Å²) in [5.74, 6) is -4.47. The molecule has 1 heterocycles. The van der Waals surface area contributed by atoms with Crippen LogP contribution in [0, 0.1) is 17.8 Å².